The Bertz CT molecular complexity index is 455. The van der Waals surface area contributed by atoms with Gasteiger partial charge in [0.25, 0.3) is 0 Å². The van der Waals surface area contributed by atoms with Gasteiger partial charge in [0.1, 0.15) is 5.84 Å². The van der Waals surface area contributed by atoms with Gasteiger partial charge in [0.2, 0.25) is 0 Å². The van der Waals surface area contributed by atoms with Gasteiger partial charge in [0.05, 0.1) is 5.92 Å². The standard InChI is InChI=1S/C16H26N4O/c1-19-10-8-14(9-11-19)20(2)12-15(16(17)18-21)13-6-4-3-5-7-13/h3-7,14-15,21H,8-12H2,1-2H3,(H2,17,18). The van der Waals surface area contributed by atoms with Crippen molar-refractivity contribution in [3.05, 3.63) is 35.9 Å². The highest BCUT2D eigenvalue weighted by molar-refractivity contribution is 5.87. The normalized spacial score (nSPS) is 19.9. The van der Waals surface area contributed by atoms with Gasteiger partial charge in [-0.2, -0.15) is 0 Å². The van der Waals surface area contributed by atoms with Gasteiger partial charge in [0, 0.05) is 12.6 Å². The Morgan fingerprint density at radius 3 is 2.57 bits per heavy atom. The first-order valence-corrected chi connectivity index (χ1v) is 7.53. The number of nitrogens with two attached hydrogens (primary N) is 1. The molecular weight excluding hydrogens is 264 g/mol. The number of benzene rings is 1. The summed E-state index contributed by atoms with van der Waals surface area (Å²) in [5, 5.41) is 12.3. The number of hydrogen-bond donors (Lipinski definition) is 2. The SMILES string of the molecule is CN1CCC(N(C)CC(C(N)=NO)c2ccccc2)CC1. The summed E-state index contributed by atoms with van der Waals surface area (Å²) in [6.45, 7) is 3.04. The highest BCUT2D eigenvalue weighted by atomic mass is 16.4. The van der Waals surface area contributed by atoms with Crippen molar-refractivity contribution in [1.82, 2.24) is 9.80 Å². The lowest BCUT2D eigenvalue weighted by Crippen LogP contribution is -2.44. The van der Waals surface area contributed by atoms with Gasteiger partial charge in [0.15, 0.2) is 0 Å². The largest absolute Gasteiger partial charge is 0.409 e. The van der Waals surface area contributed by atoms with Crippen molar-refractivity contribution in [3.63, 3.8) is 0 Å². The molecule has 1 aliphatic rings. The minimum atomic E-state index is -0.0687. The minimum absolute atomic E-state index is 0.0687. The van der Waals surface area contributed by atoms with Crippen LogP contribution < -0.4 is 5.73 Å². The number of likely N-dealkylation sites (N-methyl/N-ethyl adjacent to an activating group) is 1. The topological polar surface area (TPSA) is 65.1 Å². The minimum Gasteiger partial charge on any atom is -0.409 e. The molecule has 0 saturated carbocycles. The summed E-state index contributed by atoms with van der Waals surface area (Å²) in [5.41, 5.74) is 7.00. The molecule has 1 aromatic carbocycles. The fourth-order valence-corrected chi connectivity index (χ4v) is 3.00. The third-order valence-electron chi connectivity index (χ3n) is 4.46. The number of likely N-dealkylation sites (tertiary alicyclic amines) is 1. The second-order valence-corrected chi connectivity index (χ2v) is 5.96. The summed E-state index contributed by atoms with van der Waals surface area (Å²) in [5.74, 6) is 0.210. The van der Waals surface area contributed by atoms with Gasteiger partial charge in [-0.25, -0.2) is 0 Å². The molecule has 21 heavy (non-hydrogen) atoms. The van der Waals surface area contributed by atoms with Crippen LogP contribution in [-0.2, 0) is 0 Å². The van der Waals surface area contributed by atoms with Crippen molar-refractivity contribution in [2.24, 2.45) is 10.9 Å². The van der Waals surface area contributed by atoms with Crippen LogP contribution in [0.15, 0.2) is 35.5 Å². The maximum atomic E-state index is 9.06. The Labute approximate surface area is 127 Å². The summed E-state index contributed by atoms with van der Waals surface area (Å²) < 4.78 is 0. The molecule has 0 spiro atoms. The van der Waals surface area contributed by atoms with Crippen molar-refractivity contribution in [1.29, 1.82) is 0 Å². The average molecular weight is 290 g/mol. The predicted octanol–water partition coefficient (Wildman–Crippen LogP) is 1.54. The first kappa shape index (κ1) is 15.8. The monoisotopic (exact) mass is 290 g/mol. The van der Waals surface area contributed by atoms with Gasteiger partial charge >= 0.3 is 0 Å². The van der Waals surface area contributed by atoms with Crippen LogP contribution in [0.2, 0.25) is 0 Å². The molecule has 1 unspecified atom stereocenters. The van der Waals surface area contributed by atoms with Crippen molar-refractivity contribution in [3.8, 4) is 0 Å². The molecule has 0 aliphatic carbocycles. The molecule has 1 aliphatic heterocycles. The zero-order valence-electron chi connectivity index (χ0n) is 12.9. The summed E-state index contributed by atoms with van der Waals surface area (Å²) in [4.78, 5) is 4.71. The molecule has 1 heterocycles. The van der Waals surface area contributed by atoms with Crippen LogP contribution in [0.5, 0.6) is 0 Å². The van der Waals surface area contributed by atoms with Crippen molar-refractivity contribution < 1.29 is 5.21 Å². The molecule has 1 fully saturated rings. The van der Waals surface area contributed by atoms with Gasteiger partial charge in [-0.3, -0.25) is 0 Å². The number of oxime groups is 1. The Hall–Kier alpha value is -1.59. The molecule has 1 saturated heterocycles. The summed E-state index contributed by atoms with van der Waals surface area (Å²) in [6, 6.07) is 10.6. The first-order valence-electron chi connectivity index (χ1n) is 7.53. The van der Waals surface area contributed by atoms with E-state index in [0.717, 1.165) is 25.2 Å². The fourth-order valence-electron chi connectivity index (χ4n) is 3.00. The van der Waals surface area contributed by atoms with E-state index < -0.39 is 0 Å². The smallest absolute Gasteiger partial charge is 0.147 e. The van der Waals surface area contributed by atoms with Crippen LogP contribution in [-0.4, -0.2) is 60.6 Å². The second kappa shape index (κ2) is 7.43. The summed E-state index contributed by atoms with van der Waals surface area (Å²) >= 11 is 0. The molecule has 1 aromatic rings. The molecular formula is C16H26N4O. The van der Waals surface area contributed by atoms with E-state index in [-0.39, 0.29) is 11.8 Å². The van der Waals surface area contributed by atoms with Crippen LogP contribution in [0.4, 0.5) is 0 Å². The van der Waals surface area contributed by atoms with E-state index in [1.54, 1.807) is 0 Å². The molecule has 1 atom stereocenters. The van der Waals surface area contributed by atoms with Crippen molar-refractivity contribution in [2.75, 3.05) is 33.7 Å². The summed E-state index contributed by atoms with van der Waals surface area (Å²) in [7, 11) is 4.30. The van der Waals surface area contributed by atoms with Crippen LogP contribution >= 0.6 is 0 Å². The van der Waals surface area contributed by atoms with Crippen molar-refractivity contribution >= 4 is 5.84 Å². The van der Waals surface area contributed by atoms with E-state index in [1.165, 1.54) is 12.8 Å². The molecule has 0 radical (unpaired) electrons. The van der Waals surface area contributed by atoms with Crippen LogP contribution in [0.1, 0.15) is 24.3 Å². The summed E-state index contributed by atoms with van der Waals surface area (Å²) in [6.07, 6.45) is 2.34. The van der Waals surface area contributed by atoms with Gasteiger partial charge in [-0.15, -0.1) is 0 Å². The number of rotatable bonds is 5. The van der Waals surface area contributed by atoms with E-state index in [2.05, 4.69) is 29.1 Å². The van der Waals surface area contributed by atoms with E-state index in [0.29, 0.717) is 6.04 Å². The molecule has 0 bridgehead atoms. The Morgan fingerprint density at radius 1 is 1.38 bits per heavy atom. The quantitative estimate of drug-likeness (QED) is 0.374. The van der Waals surface area contributed by atoms with Crippen molar-refractivity contribution in [2.45, 2.75) is 24.8 Å². The predicted molar refractivity (Wildman–Crippen MR) is 85.7 cm³/mol. The number of nitrogens with zero attached hydrogens (tertiary/aromatic N) is 3. The zero-order chi connectivity index (χ0) is 15.2. The third kappa shape index (κ3) is 4.19. The Balaban J connectivity index is 2.05. The van der Waals surface area contributed by atoms with E-state index >= 15 is 0 Å². The Kier molecular flexibility index (Phi) is 5.59. The third-order valence-corrected chi connectivity index (χ3v) is 4.46. The molecule has 3 N–H and O–H groups in total. The van der Waals surface area contributed by atoms with Gasteiger partial charge in [-0.1, -0.05) is 35.5 Å². The average Bonchev–Trinajstić information content (AvgIpc) is 2.53. The molecule has 2 rings (SSSR count). The van der Waals surface area contributed by atoms with Crippen LogP contribution in [0.3, 0.4) is 0 Å². The lowest BCUT2D eigenvalue weighted by atomic mass is 9.95. The first-order chi connectivity index (χ1) is 10.1. The number of hydrogen-bond acceptors (Lipinski definition) is 4. The van der Waals surface area contributed by atoms with E-state index in [9.17, 15) is 0 Å². The number of piperidine rings is 1. The fraction of sp³-hybridized carbons (Fsp3) is 0.562. The second-order valence-electron chi connectivity index (χ2n) is 5.96. The maximum absolute atomic E-state index is 9.06. The molecule has 0 aromatic heterocycles. The van der Waals surface area contributed by atoms with Gasteiger partial charge < -0.3 is 20.7 Å². The lowest BCUT2D eigenvalue weighted by Gasteiger charge is -2.36. The van der Waals surface area contributed by atoms with E-state index in [1.807, 2.05) is 30.3 Å². The number of amidine groups is 1. The Morgan fingerprint density at radius 2 is 2.00 bits per heavy atom. The van der Waals surface area contributed by atoms with E-state index in [4.69, 9.17) is 10.9 Å². The highest BCUT2D eigenvalue weighted by Crippen LogP contribution is 2.21. The highest BCUT2D eigenvalue weighted by Gasteiger charge is 2.25. The molecule has 0 amide bonds. The molecule has 116 valence electrons. The zero-order valence-corrected chi connectivity index (χ0v) is 12.9. The van der Waals surface area contributed by atoms with Crippen LogP contribution in [0, 0.1) is 0 Å². The molecule has 5 nitrogen and oxygen atoms in total. The van der Waals surface area contributed by atoms with Gasteiger partial charge in [-0.05, 0) is 45.6 Å². The molecule has 5 heteroatoms. The lowest BCUT2D eigenvalue weighted by molar-refractivity contribution is 0.143. The van der Waals surface area contributed by atoms with Crippen LogP contribution in [0.25, 0.3) is 0 Å². The maximum Gasteiger partial charge on any atom is 0.147 e.